The molecule has 0 spiro atoms. The number of benzene rings is 1. The third-order valence-corrected chi connectivity index (χ3v) is 6.31. The lowest BCUT2D eigenvalue weighted by atomic mass is 9.77. The molecular formula is C22H26BN3O2. The monoisotopic (exact) mass is 375 g/mol. The molecule has 1 amide bonds. The Labute approximate surface area is 167 Å². The van der Waals surface area contributed by atoms with Gasteiger partial charge in [0.15, 0.2) is 0 Å². The van der Waals surface area contributed by atoms with E-state index in [1.165, 1.54) is 5.57 Å². The molecule has 1 aliphatic heterocycles. The Morgan fingerprint density at radius 1 is 1.25 bits per heavy atom. The van der Waals surface area contributed by atoms with Crippen molar-refractivity contribution in [3.8, 4) is 0 Å². The fraction of sp³-hybridized carbons (Fsp3) is 0.455. The van der Waals surface area contributed by atoms with Gasteiger partial charge in [0.05, 0.1) is 11.4 Å². The molecule has 28 heavy (non-hydrogen) atoms. The standard InChI is InChI=1S/C22H26BN3O2/c1-5-25(6-2)22(28)14-10-16-15-8-7-9-18-20(15)17(11-19(16)24(4)12-14)21(23)26(18)13(3)27/h7-10,14,19H,5-6,11-12H2,1-4H3/t14-,19?/m1/s1. The number of likely N-dealkylation sites (N-methyl/N-ethyl adjacent to an activating group) is 1. The Morgan fingerprint density at radius 2 is 1.96 bits per heavy atom. The van der Waals surface area contributed by atoms with Gasteiger partial charge in [0.2, 0.25) is 11.8 Å². The van der Waals surface area contributed by atoms with Crippen LogP contribution in [0.25, 0.3) is 16.5 Å². The van der Waals surface area contributed by atoms with Crippen molar-refractivity contribution < 1.29 is 9.59 Å². The molecule has 1 aliphatic carbocycles. The highest BCUT2D eigenvalue weighted by Crippen LogP contribution is 2.41. The number of fused-ring (bicyclic) bond motifs is 2. The van der Waals surface area contributed by atoms with Crippen molar-refractivity contribution in [3.05, 3.63) is 35.4 Å². The van der Waals surface area contributed by atoms with Crippen LogP contribution in [0, 0.1) is 5.92 Å². The van der Waals surface area contributed by atoms with E-state index in [-0.39, 0.29) is 23.8 Å². The van der Waals surface area contributed by atoms with E-state index in [9.17, 15) is 9.59 Å². The van der Waals surface area contributed by atoms with Crippen LogP contribution < -0.4 is 5.59 Å². The van der Waals surface area contributed by atoms with Crippen LogP contribution in [0.2, 0.25) is 0 Å². The molecule has 1 unspecified atom stereocenters. The fourth-order valence-electron chi connectivity index (χ4n) is 4.93. The SMILES string of the molecule is [B]c1c2c3c(cccc3n1C(C)=O)C1=C[C@@H](C(=O)N(CC)CC)CN(C)C1C2. The minimum atomic E-state index is -0.153. The van der Waals surface area contributed by atoms with Crippen LogP contribution in [-0.4, -0.2) is 66.8 Å². The van der Waals surface area contributed by atoms with E-state index in [0.29, 0.717) is 12.1 Å². The maximum absolute atomic E-state index is 13.0. The lowest BCUT2D eigenvalue weighted by molar-refractivity contribution is -0.134. The molecule has 2 heterocycles. The zero-order valence-corrected chi connectivity index (χ0v) is 17.0. The molecule has 2 atom stereocenters. The number of amides is 1. The first-order valence-electron chi connectivity index (χ1n) is 10.0. The minimum absolute atomic E-state index is 0.0762. The zero-order valence-electron chi connectivity index (χ0n) is 17.0. The van der Waals surface area contributed by atoms with Gasteiger partial charge in [-0.2, -0.15) is 0 Å². The Balaban J connectivity index is 1.89. The number of carbonyl (C=O) groups excluding carboxylic acids is 2. The summed E-state index contributed by atoms with van der Waals surface area (Å²) < 4.78 is 1.62. The topological polar surface area (TPSA) is 45.6 Å². The van der Waals surface area contributed by atoms with Gasteiger partial charge in [-0.25, -0.2) is 0 Å². The molecular weight excluding hydrogens is 349 g/mol. The van der Waals surface area contributed by atoms with Crippen LogP contribution in [0.15, 0.2) is 24.3 Å². The van der Waals surface area contributed by atoms with E-state index >= 15 is 0 Å². The van der Waals surface area contributed by atoms with E-state index in [4.69, 9.17) is 7.85 Å². The van der Waals surface area contributed by atoms with Gasteiger partial charge < -0.3 is 4.90 Å². The largest absolute Gasteiger partial charge is 0.343 e. The normalized spacial score (nSPS) is 21.4. The Kier molecular flexibility index (Phi) is 4.70. The molecule has 1 aromatic carbocycles. The molecule has 0 bridgehead atoms. The summed E-state index contributed by atoms with van der Waals surface area (Å²) in [6.07, 6.45) is 2.92. The predicted octanol–water partition coefficient (Wildman–Crippen LogP) is 1.83. The van der Waals surface area contributed by atoms with Crippen LogP contribution in [0.4, 0.5) is 0 Å². The molecule has 6 heteroatoms. The first kappa shape index (κ1) is 19.0. The fourth-order valence-corrected chi connectivity index (χ4v) is 4.93. The zero-order chi connectivity index (χ0) is 20.2. The van der Waals surface area contributed by atoms with Gasteiger partial charge in [-0.1, -0.05) is 18.2 Å². The van der Waals surface area contributed by atoms with Crippen molar-refractivity contribution in [2.24, 2.45) is 5.92 Å². The van der Waals surface area contributed by atoms with Crippen molar-refractivity contribution in [1.82, 2.24) is 14.4 Å². The lowest BCUT2D eigenvalue weighted by Gasteiger charge is -2.40. The molecule has 1 aromatic heterocycles. The van der Waals surface area contributed by atoms with Gasteiger partial charge in [0.1, 0.15) is 7.85 Å². The van der Waals surface area contributed by atoms with Gasteiger partial charge in [-0.15, -0.1) is 0 Å². The summed E-state index contributed by atoms with van der Waals surface area (Å²) in [5, 5.41) is 1.06. The summed E-state index contributed by atoms with van der Waals surface area (Å²) in [4.78, 5) is 29.4. The molecule has 4 rings (SSSR count). The van der Waals surface area contributed by atoms with E-state index in [2.05, 4.69) is 24.1 Å². The molecule has 144 valence electrons. The summed E-state index contributed by atoms with van der Waals surface area (Å²) in [6.45, 7) is 7.72. The molecule has 0 saturated heterocycles. The first-order valence-corrected chi connectivity index (χ1v) is 10.0. The third-order valence-electron chi connectivity index (χ3n) is 6.31. The van der Waals surface area contributed by atoms with Crippen molar-refractivity contribution in [3.63, 3.8) is 0 Å². The van der Waals surface area contributed by atoms with E-state index in [1.807, 2.05) is 30.9 Å². The minimum Gasteiger partial charge on any atom is -0.343 e. The smallest absolute Gasteiger partial charge is 0.230 e. The highest BCUT2D eigenvalue weighted by Gasteiger charge is 2.37. The second-order valence-electron chi connectivity index (χ2n) is 7.82. The Hall–Kier alpha value is -2.34. The maximum atomic E-state index is 13.0. The highest BCUT2D eigenvalue weighted by molar-refractivity contribution is 6.36. The molecule has 2 aromatic rings. The second kappa shape index (κ2) is 6.92. The number of carbonyl (C=O) groups is 2. The van der Waals surface area contributed by atoms with Gasteiger partial charge in [0.25, 0.3) is 0 Å². The highest BCUT2D eigenvalue weighted by atomic mass is 16.2. The molecule has 5 nitrogen and oxygen atoms in total. The van der Waals surface area contributed by atoms with Crippen LogP contribution in [-0.2, 0) is 11.2 Å². The van der Waals surface area contributed by atoms with Gasteiger partial charge in [-0.05, 0) is 55.7 Å². The van der Waals surface area contributed by atoms with Crippen LogP contribution in [0.1, 0.15) is 36.7 Å². The average molecular weight is 375 g/mol. The predicted molar refractivity (Wildman–Crippen MR) is 113 cm³/mol. The molecule has 0 saturated carbocycles. The summed E-state index contributed by atoms with van der Waals surface area (Å²) in [5.74, 6) is -0.0468. The van der Waals surface area contributed by atoms with E-state index < -0.39 is 0 Å². The van der Waals surface area contributed by atoms with E-state index in [0.717, 1.165) is 41.5 Å². The molecule has 2 aliphatic rings. The van der Waals surface area contributed by atoms with Gasteiger partial charge in [0, 0.05) is 38.0 Å². The summed E-state index contributed by atoms with van der Waals surface area (Å²) in [5.41, 5.74) is 4.72. The number of rotatable bonds is 3. The number of hydrogen-bond acceptors (Lipinski definition) is 3. The summed E-state index contributed by atoms with van der Waals surface area (Å²) in [7, 11) is 8.47. The maximum Gasteiger partial charge on any atom is 0.230 e. The average Bonchev–Trinajstić information content (AvgIpc) is 2.96. The van der Waals surface area contributed by atoms with Crippen molar-refractivity contribution >= 4 is 41.7 Å². The van der Waals surface area contributed by atoms with Crippen molar-refractivity contribution in [2.45, 2.75) is 33.2 Å². The lowest BCUT2D eigenvalue weighted by Crippen LogP contribution is -2.48. The number of nitrogens with zero attached hydrogens (tertiary/aromatic N) is 3. The summed E-state index contributed by atoms with van der Waals surface area (Å²) >= 11 is 0. The van der Waals surface area contributed by atoms with Gasteiger partial charge >= 0.3 is 0 Å². The number of aromatic nitrogens is 1. The Bertz CT molecular complexity index is 1000. The van der Waals surface area contributed by atoms with Crippen LogP contribution in [0.3, 0.4) is 0 Å². The Morgan fingerprint density at radius 3 is 2.61 bits per heavy atom. The van der Waals surface area contributed by atoms with E-state index in [1.54, 1.807) is 11.5 Å². The van der Waals surface area contributed by atoms with Gasteiger partial charge in [-0.3, -0.25) is 19.1 Å². The molecule has 0 fully saturated rings. The molecule has 0 N–H and O–H groups in total. The number of hydrogen-bond donors (Lipinski definition) is 0. The summed E-state index contributed by atoms with van der Waals surface area (Å²) in [6, 6.07) is 6.18. The third kappa shape index (κ3) is 2.66. The first-order chi connectivity index (χ1) is 13.4. The van der Waals surface area contributed by atoms with Crippen LogP contribution in [0.5, 0.6) is 0 Å². The van der Waals surface area contributed by atoms with Crippen molar-refractivity contribution in [2.75, 3.05) is 26.7 Å². The second-order valence-corrected chi connectivity index (χ2v) is 7.82. The quantitative estimate of drug-likeness (QED) is 0.769. The molecule has 2 radical (unpaired) electrons. The van der Waals surface area contributed by atoms with Crippen LogP contribution >= 0.6 is 0 Å². The van der Waals surface area contributed by atoms with Crippen molar-refractivity contribution in [1.29, 1.82) is 0 Å².